The van der Waals surface area contributed by atoms with Gasteiger partial charge in [-0.3, -0.25) is 4.79 Å². The fourth-order valence-corrected chi connectivity index (χ4v) is 3.71. The summed E-state index contributed by atoms with van der Waals surface area (Å²) in [6, 6.07) is 23.5. The van der Waals surface area contributed by atoms with E-state index in [1.807, 2.05) is 67.6 Å². The Bertz CT molecular complexity index is 1380. The van der Waals surface area contributed by atoms with Gasteiger partial charge in [-0.15, -0.1) is 0 Å². The third kappa shape index (κ3) is 8.73. The van der Waals surface area contributed by atoms with Crippen molar-refractivity contribution in [3.63, 3.8) is 0 Å². The fourth-order valence-electron chi connectivity index (χ4n) is 3.71. The number of carbonyl (C=O) groups excluding carboxylic acids is 2. The van der Waals surface area contributed by atoms with Crippen molar-refractivity contribution in [1.82, 2.24) is 20.7 Å². The molecule has 2 amide bonds. The molecule has 0 saturated carbocycles. The van der Waals surface area contributed by atoms with Gasteiger partial charge in [-0.2, -0.15) is 5.10 Å². The first kappa shape index (κ1) is 27.9. The Hall–Kier alpha value is -5.12. The first-order valence-electron chi connectivity index (χ1n) is 12.8. The summed E-state index contributed by atoms with van der Waals surface area (Å²) in [6.45, 7) is 2.83. The molecule has 1 aromatic heterocycles. The van der Waals surface area contributed by atoms with Gasteiger partial charge < -0.3 is 24.5 Å². The number of nitrogens with zero attached hydrogens (tertiary/aromatic N) is 2. The molecule has 0 fully saturated rings. The van der Waals surface area contributed by atoms with Crippen LogP contribution in [0.3, 0.4) is 0 Å². The van der Waals surface area contributed by atoms with Crippen LogP contribution in [-0.2, 0) is 29.2 Å². The van der Waals surface area contributed by atoms with Gasteiger partial charge >= 0.3 is 6.09 Å². The molecule has 0 aliphatic rings. The van der Waals surface area contributed by atoms with Crippen molar-refractivity contribution in [1.29, 1.82) is 0 Å². The molecule has 1 atom stereocenters. The molecule has 0 bridgehead atoms. The molecule has 0 aliphatic heterocycles. The van der Waals surface area contributed by atoms with Crippen molar-refractivity contribution in [3.8, 4) is 11.5 Å². The molecule has 4 rings (SSSR count). The van der Waals surface area contributed by atoms with Gasteiger partial charge in [0.15, 0.2) is 11.5 Å². The molecule has 0 saturated heterocycles. The smallest absolute Gasteiger partial charge is 0.408 e. The van der Waals surface area contributed by atoms with Crippen LogP contribution < -0.4 is 20.2 Å². The molecular weight excluding hydrogens is 510 g/mol. The van der Waals surface area contributed by atoms with Gasteiger partial charge in [0.25, 0.3) is 5.91 Å². The molecule has 3 N–H and O–H groups in total. The minimum atomic E-state index is -0.950. The van der Waals surface area contributed by atoms with Crippen molar-refractivity contribution in [3.05, 3.63) is 114 Å². The number of hydrogen-bond acceptors (Lipinski definition) is 7. The first-order valence-corrected chi connectivity index (χ1v) is 12.8. The molecule has 0 spiro atoms. The van der Waals surface area contributed by atoms with Crippen molar-refractivity contribution in [2.75, 3.05) is 6.61 Å². The molecule has 1 heterocycles. The van der Waals surface area contributed by atoms with Gasteiger partial charge in [-0.05, 0) is 41.8 Å². The van der Waals surface area contributed by atoms with Crippen molar-refractivity contribution in [2.45, 2.75) is 32.6 Å². The standard InChI is InChI=1S/C30H31N5O5/c1-2-38-28-15-24(13-14-27(28)39-19-22-9-5-3-6-10-22)17-33-35-29(36)26(16-25-18-31-21-32-25)34-30(37)40-20-23-11-7-4-8-12-23/h3-15,17-18,21,26H,2,16,19-20H2,1H3,(H,31,32)(H,34,37)(H,35,36)/b33-17-/t26-/m1/s1. The number of alkyl carbamates (subject to hydrolysis) is 1. The Labute approximate surface area is 232 Å². The van der Waals surface area contributed by atoms with E-state index >= 15 is 0 Å². The average molecular weight is 542 g/mol. The molecule has 0 radical (unpaired) electrons. The van der Waals surface area contributed by atoms with E-state index in [0.717, 1.165) is 11.1 Å². The van der Waals surface area contributed by atoms with Gasteiger partial charge in [0.05, 0.1) is 19.1 Å². The molecule has 10 nitrogen and oxygen atoms in total. The van der Waals surface area contributed by atoms with Crippen LogP contribution >= 0.6 is 0 Å². The SMILES string of the molecule is CCOc1cc(/C=N\NC(=O)[C@@H](Cc2cnc[nH]2)NC(=O)OCc2ccccc2)ccc1OCc1ccccc1. The largest absolute Gasteiger partial charge is 0.490 e. The monoisotopic (exact) mass is 541 g/mol. The second kappa shape index (κ2) is 14.7. The number of imidazole rings is 1. The second-order valence-electron chi connectivity index (χ2n) is 8.69. The van der Waals surface area contributed by atoms with Crippen LogP contribution in [-0.4, -0.2) is 40.8 Å². The number of hydrazone groups is 1. The number of H-pyrrole nitrogens is 1. The quantitative estimate of drug-likeness (QED) is 0.170. The van der Waals surface area contributed by atoms with E-state index in [0.29, 0.717) is 36.0 Å². The molecule has 4 aromatic rings. The van der Waals surface area contributed by atoms with Gasteiger partial charge in [0, 0.05) is 18.3 Å². The van der Waals surface area contributed by atoms with E-state index in [4.69, 9.17) is 14.2 Å². The third-order valence-corrected chi connectivity index (χ3v) is 5.69. The topological polar surface area (TPSA) is 127 Å². The van der Waals surface area contributed by atoms with Crippen molar-refractivity contribution >= 4 is 18.2 Å². The summed E-state index contributed by atoms with van der Waals surface area (Å²) in [7, 11) is 0. The third-order valence-electron chi connectivity index (χ3n) is 5.69. The normalized spacial score (nSPS) is 11.5. The zero-order valence-corrected chi connectivity index (χ0v) is 22.1. The lowest BCUT2D eigenvalue weighted by atomic mass is 10.1. The maximum absolute atomic E-state index is 12.9. The van der Waals surface area contributed by atoms with Crippen LogP contribution in [0.15, 0.2) is 96.5 Å². The number of hydrogen-bond donors (Lipinski definition) is 3. The highest BCUT2D eigenvalue weighted by Crippen LogP contribution is 2.29. The zero-order chi connectivity index (χ0) is 28.0. The Morgan fingerprint density at radius 2 is 1.68 bits per heavy atom. The average Bonchev–Trinajstić information content (AvgIpc) is 3.50. The molecular formula is C30H31N5O5. The minimum absolute atomic E-state index is 0.0798. The van der Waals surface area contributed by atoms with E-state index in [1.54, 1.807) is 24.4 Å². The number of rotatable bonds is 13. The molecule has 206 valence electrons. The highest BCUT2D eigenvalue weighted by molar-refractivity contribution is 5.87. The van der Waals surface area contributed by atoms with E-state index < -0.39 is 18.0 Å². The summed E-state index contributed by atoms with van der Waals surface area (Å²) in [5, 5.41) is 6.68. The summed E-state index contributed by atoms with van der Waals surface area (Å²) >= 11 is 0. The number of ether oxygens (including phenoxy) is 3. The van der Waals surface area contributed by atoms with Gasteiger partial charge in [0.2, 0.25) is 0 Å². The molecule has 0 unspecified atom stereocenters. The highest BCUT2D eigenvalue weighted by atomic mass is 16.5. The number of carbonyl (C=O) groups is 2. The number of aromatic amines is 1. The fraction of sp³-hybridized carbons (Fsp3) is 0.200. The van der Waals surface area contributed by atoms with Crippen molar-refractivity contribution < 1.29 is 23.8 Å². The predicted molar refractivity (Wildman–Crippen MR) is 150 cm³/mol. The maximum Gasteiger partial charge on any atom is 0.408 e. The van der Waals surface area contributed by atoms with E-state index in [-0.39, 0.29) is 13.0 Å². The van der Waals surface area contributed by atoms with Crippen LogP contribution in [0.4, 0.5) is 4.79 Å². The van der Waals surface area contributed by atoms with Crippen LogP contribution in [0.2, 0.25) is 0 Å². The van der Waals surface area contributed by atoms with Crippen LogP contribution in [0, 0.1) is 0 Å². The molecule has 3 aromatic carbocycles. The summed E-state index contributed by atoms with van der Waals surface area (Å²) < 4.78 is 17.0. The number of aromatic nitrogens is 2. The highest BCUT2D eigenvalue weighted by Gasteiger charge is 2.22. The maximum atomic E-state index is 12.9. The van der Waals surface area contributed by atoms with Crippen LogP contribution in [0.5, 0.6) is 11.5 Å². The van der Waals surface area contributed by atoms with Gasteiger partial charge in [0.1, 0.15) is 19.3 Å². The molecule has 10 heteroatoms. The van der Waals surface area contributed by atoms with Crippen LogP contribution in [0.1, 0.15) is 29.3 Å². The Balaban J connectivity index is 1.36. The lowest BCUT2D eigenvalue weighted by molar-refractivity contribution is -0.123. The Morgan fingerprint density at radius 1 is 0.950 bits per heavy atom. The predicted octanol–water partition coefficient (Wildman–Crippen LogP) is 4.38. The van der Waals surface area contributed by atoms with E-state index in [9.17, 15) is 9.59 Å². The summed E-state index contributed by atoms with van der Waals surface area (Å²) in [4.78, 5) is 32.3. The number of benzene rings is 3. The zero-order valence-electron chi connectivity index (χ0n) is 22.1. The summed E-state index contributed by atoms with van der Waals surface area (Å²) in [5.74, 6) is 0.647. The lowest BCUT2D eigenvalue weighted by Crippen LogP contribution is -2.47. The Morgan fingerprint density at radius 3 is 2.35 bits per heavy atom. The van der Waals surface area contributed by atoms with Gasteiger partial charge in [-0.1, -0.05) is 60.7 Å². The summed E-state index contributed by atoms with van der Waals surface area (Å²) in [6.07, 6.45) is 4.02. The summed E-state index contributed by atoms with van der Waals surface area (Å²) in [5.41, 5.74) is 5.72. The minimum Gasteiger partial charge on any atom is -0.490 e. The van der Waals surface area contributed by atoms with Gasteiger partial charge in [-0.25, -0.2) is 15.2 Å². The molecule has 40 heavy (non-hydrogen) atoms. The molecule has 0 aliphatic carbocycles. The van der Waals surface area contributed by atoms with Crippen molar-refractivity contribution in [2.24, 2.45) is 5.10 Å². The number of amides is 2. The lowest BCUT2D eigenvalue weighted by Gasteiger charge is -2.16. The van der Waals surface area contributed by atoms with E-state index in [1.165, 1.54) is 12.5 Å². The Kier molecular flexibility index (Phi) is 10.3. The van der Waals surface area contributed by atoms with Crippen LogP contribution in [0.25, 0.3) is 0 Å². The number of nitrogens with one attached hydrogen (secondary N) is 3. The van der Waals surface area contributed by atoms with E-state index in [2.05, 4.69) is 25.8 Å². The second-order valence-corrected chi connectivity index (χ2v) is 8.69. The first-order chi connectivity index (χ1) is 19.6.